The van der Waals surface area contributed by atoms with Crippen LogP contribution >= 0.6 is 22.9 Å². The first-order chi connectivity index (χ1) is 16.9. The maximum atomic E-state index is 13.7. The molecule has 0 amide bonds. The number of hydrogen-bond donors (Lipinski definition) is 1. The highest BCUT2D eigenvalue weighted by molar-refractivity contribution is 7.07. The molecule has 1 aliphatic heterocycles. The van der Waals surface area contributed by atoms with Crippen molar-refractivity contribution >= 4 is 35.0 Å². The fourth-order valence-corrected chi connectivity index (χ4v) is 5.26. The molecule has 0 saturated carbocycles. The molecular weight excluding hydrogens is 488 g/mol. The van der Waals surface area contributed by atoms with Crippen LogP contribution in [0.4, 0.5) is 0 Å². The fraction of sp³-hybridized carbons (Fsp3) is 0.269. The topological polar surface area (TPSA) is 90.1 Å². The summed E-state index contributed by atoms with van der Waals surface area (Å²) in [6, 6.07) is 10.8. The number of aromatic hydroxyl groups is 1. The first-order valence-electron chi connectivity index (χ1n) is 11.2. The van der Waals surface area contributed by atoms with Crippen LogP contribution in [-0.2, 0) is 9.53 Å². The van der Waals surface area contributed by atoms with Crippen molar-refractivity contribution in [2.24, 2.45) is 4.99 Å². The van der Waals surface area contributed by atoms with E-state index < -0.39 is 12.0 Å². The van der Waals surface area contributed by atoms with Gasteiger partial charge in [0.25, 0.3) is 5.56 Å². The molecule has 9 heteroatoms. The van der Waals surface area contributed by atoms with E-state index in [-0.39, 0.29) is 17.9 Å². The monoisotopic (exact) mass is 512 g/mol. The van der Waals surface area contributed by atoms with E-state index in [2.05, 4.69) is 0 Å². The molecular formula is C26H25ClN2O5S. The number of methoxy groups -OCH3 is 1. The molecule has 1 aromatic heterocycles. The SMILES string of the molecule is CCCC1=C(C(=O)OCC)[C@@H](c2cc(Cl)ccc2OC)n2c(s/c(=C/c3ccc(O)cc3)c2=O)=N1. The molecule has 4 rings (SSSR count). The number of carbonyl (C=O) groups is 1. The van der Waals surface area contributed by atoms with Crippen molar-refractivity contribution in [2.75, 3.05) is 13.7 Å². The molecule has 0 spiro atoms. The van der Waals surface area contributed by atoms with Gasteiger partial charge in [-0.15, -0.1) is 0 Å². The standard InChI is InChI=1S/C26H25ClN2O5S/c1-4-6-19-22(25(32)34-5-2)23(18-14-16(27)9-12-20(18)33-3)29-24(31)21(35-26(29)28-19)13-15-7-10-17(30)11-8-15/h7-14,23,30H,4-6H2,1-3H3/b21-13+/t23-/m1/s1. The second kappa shape index (κ2) is 10.5. The van der Waals surface area contributed by atoms with E-state index in [4.69, 9.17) is 26.1 Å². The first kappa shape index (κ1) is 24.8. The predicted molar refractivity (Wildman–Crippen MR) is 136 cm³/mol. The van der Waals surface area contributed by atoms with E-state index in [1.807, 2.05) is 6.92 Å². The number of benzene rings is 2. The van der Waals surface area contributed by atoms with Crippen LogP contribution in [0.3, 0.4) is 0 Å². The van der Waals surface area contributed by atoms with Gasteiger partial charge in [-0.05, 0) is 55.3 Å². The Morgan fingerprint density at radius 2 is 1.97 bits per heavy atom. The van der Waals surface area contributed by atoms with Crippen molar-refractivity contribution in [3.05, 3.63) is 89.6 Å². The zero-order valence-corrected chi connectivity index (χ0v) is 21.2. The molecule has 182 valence electrons. The van der Waals surface area contributed by atoms with E-state index in [0.29, 0.717) is 43.4 Å². The Kier molecular flexibility index (Phi) is 7.42. The molecule has 7 nitrogen and oxygen atoms in total. The third-order valence-corrected chi connectivity index (χ3v) is 6.79. The number of halogens is 1. The van der Waals surface area contributed by atoms with Crippen LogP contribution in [0.5, 0.6) is 11.5 Å². The molecule has 2 aromatic carbocycles. The molecule has 0 aliphatic carbocycles. The van der Waals surface area contributed by atoms with Gasteiger partial charge in [-0.1, -0.05) is 48.4 Å². The zero-order chi connectivity index (χ0) is 25.1. The van der Waals surface area contributed by atoms with Crippen molar-refractivity contribution in [3.8, 4) is 11.5 Å². The van der Waals surface area contributed by atoms with Gasteiger partial charge in [0, 0.05) is 10.6 Å². The number of nitrogens with zero attached hydrogens (tertiary/aromatic N) is 2. The summed E-state index contributed by atoms with van der Waals surface area (Å²) < 4.78 is 13.0. The lowest BCUT2D eigenvalue weighted by atomic mass is 9.93. The summed E-state index contributed by atoms with van der Waals surface area (Å²) in [4.78, 5) is 32.2. The minimum atomic E-state index is -0.817. The Bertz CT molecular complexity index is 1470. The Morgan fingerprint density at radius 1 is 1.23 bits per heavy atom. The molecule has 0 fully saturated rings. The lowest BCUT2D eigenvalue weighted by molar-refractivity contribution is -0.139. The normalized spacial score (nSPS) is 15.5. The Labute approximate surface area is 211 Å². The number of allylic oxidation sites excluding steroid dienone is 1. The Hall–Kier alpha value is -3.36. The van der Waals surface area contributed by atoms with Gasteiger partial charge in [-0.3, -0.25) is 9.36 Å². The van der Waals surface area contributed by atoms with Crippen LogP contribution in [0.2, 0.25) is 5.02 Å². The lowest BCUT2D eigenvalue weighted by Crippen LogP contribution is -2.40. The smallest absolute Gasteiger partial charge is 0.338 e. The minimum Gasteiger partial charge on any atom is -0.508 e. The highest BCUT2D eigenvalue weighted by Crippen LogP contribution is 2.38. The number of carbonyl (C=O) groups excluding carboxylic acids is 1. The number of aromatic nitrogens is 1. The van der Waals surface area contributed by atoms with Gasteiger partial charge in [0.15, 0.2) is 4.80 Å². The second-order valence-corrected chi connectivity index (χ2v) is 9.34. The van der Waals surface area contributed by atoms with Crippen molar-refractivity contribution in [2.45, 2.75) is 32.7 Å². The number of esters is 1. The van der Waals surface area contributed by atoms with E-state index in [1.54, 1.807) is 55.5 Å². The predicted octanol–water partition coefficient (Wildman–Crippen LogP) is 3.95. The Morgan fingerprint density at radius 3 is 2.63 bits per heavy atom. The van der Waals surface area contributed by atoms with Crippen molar-refractivity contribution in [3.63, 3.8) is 0 Å². The van der Waals surface area contributed by atoms with Gasteiger partial charge < -0.3 is 14.6 Å². The van der Waals surface area contributed by atoms with Crippen LogP contribution in [-0.4, -0.2) is 29.4 Å². The van der Waals surface area contributed by atoms with E-state index in [1.165, 1.54) is 23.0 Å². The number of phenolic OH excluding ortho intramolecular Hbond substituents is 1. The molecule has 0 unspecified atom stereocenters. The molecule has 1 N–H and O–H groups in total. The molecule has 0 radical (unpaired) electrons. The van der Waals surface area contributed by atoms with Crippen molar-refractivity contribution in [1.29, 1.82) is 0 Å². The summed E-state index contributed by atoms with van der Waals surface area (Å²) >= 11 is 7.59. The maximum absolute atomic E-state index is 13.7. The number of rotatable bonds is 7. The van der Waals surface area contributed by atoms with E-state index in [9.17, 15) is 14.7 Å². The number of ether oxygens (including phenoxy) is 2. The third kappa shape index (κ3) is 4.90. The molecule has 35 heavy (non-hydrogen) atoms. The maximum Gasteiger partial charge on any atom is 0.338 e. The van der Waals surface area contributed by atoms with Gasteiger partial charge in [0.2, 0.25) is 0 Å². The van der Waals surface area contributed by atoms with Crippen LogP contribution in [0.25, 0.3) is 6.08 Å². The number of thiazole rings is 1. The molecule has 1 atom stereocenters. The van der Waals surface area contributed by atoms with Crippen molar-refractivity contribution in [1.82, 2.24) is 4.57 Å². The van der Waals surface area contributed by atoms with Crippen LogP contribution in [0, 0.1) is 0 Å². The fourth-order valence-electron chi connectivity index (χ4n) is 4.06. The largest absolute Gasteiger partial charge is 0.508 e. The van der Waals surface area contributed by atoms with E-state index in [0.717, 1.165) is 12.0 Å². The number of fused-ring (bicyclic) bond motifs is 1. The summed E-state index contributed by atoms with van der Waals surface area (Å²) in [7, 11) is 1.53. The number of hydrogen-bond acceptors (Lipinski definition) is 7. The highest BCUT2D eigenvalue weighted by atomic mass is 35.5. The first-order valence-corrected chi connectivity index (χ1v) is 12.4. The summed E-state index contributed by atoms with van der Waals surface area (Å²) in [6.07, 6.45) is 3.03. The highest BCUT2D eigenvalue weighted by Gasteiger charge is 2.36. The van der Waals surface area contributed by atoms with Gasteiger partial charge in [-0.25, -0.2) is 9.79 Å². The van der Waals surface area contributed by atoms with Crippen molar-refractivity contribution < 1.29 is 19.4 Å². The molecule has 3 aromatic rings. The van der Waals surface area contributed by atoms with Crippen LogP contribution < -0.4 is 19.6 Å². The third-order valence-electron chi connectivity index (χ3n) is 5.57. The minimum absolute atomic E-state index is 0.139. The summed E-state index contributed by atoms with van der Waals surface area (Å²) in [6.45, 7) is 3.92. The van der Waals surface area contributed by atoms with Gasteiger partial charge in [0.1, 0.15) is 17.5 Å². The number of phenols is 1. The average Bonchev–Trinajstić information content (AvgIpc) is 3.14. The summed E-state index contributed by atoms with van der Waals surface area (Å²) in [5.74, 6) is 0.103. The molecule has 0 saturated heterocycles. The van der Waals surface area contributed by atoms with Crippen LogP contribution in [0.1, 0.15) is 43.9 Å². The molecule has 0 bridgehead atoms. The Balaban J connectivity index is 2.04. The lowest BCUT2D eigenvalue weighted by Gasteiger charge is -2.27. The quantitative estimate of drug-likeness (QED) is 0.484. The molecule has 1 aliphatic rings. The summed E-state index contributed by atoms with van der Waals surface area (Å²) in [5.41, 5.74) is 1.91. The average molecular weight is 513 g/mol. The summed E-state index contributed by atoms with van der Waals surface area (Å²) in [5, 5.41) is 10.0. The second-order valence-electron chi connectivity index (χ2n) is 7.89. The van der Waals surface area contributed by atoms with Crippen LogP contribution in [0.15, 0.2) is 63.5 Å². The van der Waals surface area contributed by atoms with Gasteiger partial charge >= 0.3 is 5.97 Å². The van der Waals surface area contributed by atoms with E-state index >= 15 is 0 Å². The van der Waals surface area contributed by atoms with Gasteiger partial charge in [-0.2, -0.15) is 0 Å². The van der Waals surface area contributed by atoms with Gasteiger partial charge in [0.05, 0.1) is 29.5 Å². The zero-order valence-electron chi connectivity index (χ0n) is 19.6. The molecule has 2 heterocycles.